The number of halogens is 1. The van der Waals surface area contributed by atoms with E-state index in [-0.39, 0.29) is 25.3 Å². The van der Waals surface area contributed by atoms with E-state index in [4.69, 9.17) is 25.8 Å². The van der Waals surface area contributed by atoms with Gasteiger partial charge in [-0.3, -0.25) is 4.79 Å². The van der Waals surface area contributed by atoms with E-state index in [0.29, 0.717) is 28.0 Å². The first-order chi connectivity index (χ1) is 11.5. The molecule has 0 bridgehead atoms. The van der Waals surface area contributed by atoms with Crippen LogP contribution in [0.1, 0.15) is 25.3 Å². The number of fused-ring (bicyclic) bond motifs is 1. The molecule has 0 unspecified atom stereocenters. The Hall–Kier alpha value is -2.21. The molecule has 1 saturated carbocycles. The lowest BCUT2D eigenvalue weighted by Gasteiger charge is -2.12. The summed E-state index contributed by atoms with van der Waals surface area (Å²) in [5.74, 6) is 0.697. The Labute approximate surface area is 144 Å². The van der Waals surface area contributed by atoms with E-state index in [1.807, 2.05) is 6.92 Å². The summed E-state index contributed by atoms with van der Waals surface area (Å²) in [6.07, 6.45) is 5.07. The van der Waals surface area contributed by atoms with E-state index in [9.17, 15) is 9.59 Å². The van der Waals surface area contributed by atoms with Gasteiger partial charge in [-0.1, -0.05) is 11.6 Å². The van der Waals surface area contributed by atoms with Gasteiger partial charge in [-0.15, -0.1) is 0 Å². The van der Waals surface area contributed by atoms with Gasteiger partial charge in [-0.2, -0.15) is 0 Å². The highest BCUT2D eigenvalue weighted by Gasteiger charge is 2.28. The lowest BCUT2D eigenvalue weighted by Crippen LogP contribution is -2.36. The average Bonchev–Trinajstić information content (AvgIpc) is 3.29. The van der Waals surface area contributed by atoms with Gasteiger partial charge >= 0.3 is 5.97 Å². The molecule has 1 atom stereocenters. The van der Waals surface area contributed by atoms with Crippen LogP contribution in [0.4, 0.5) is 0 Å². The first kappa shape index (κ1) is 16.6. The van der Waals surface area contributed by atoms with Crippen molar-refractivity contribution in [2.24, 2.45) is 5.92 Å². The van der Waals surface area contributed by atoms with Gasteiger partial charge in [0.05, 0.1) is 5.02 Å². The minimum absolute atomic E-state index is 0.124. The Kier molecular flexibility index (Phi) is 4.94. The first-order valence-corrected chi connectivity index (χ1v) is 8.14. The molecule has 0 radical (unpaired) electrons. The van der Waals surface area contributed by atoms with Crippen molar-refractivity contribution in [1.29, 1.82) is 0 Å². The Morgan fingerprint density at radius 3 is 2.96 bits per heavy atom. The van der Waals surface area contributed by atoms with E-state index in [0.717, 1.165) is 12.8 Å². The molecule has 128 valence electrons. The fraction of sp³-hybridized carbons (Fsp3) is 0.412. The fourth-order valence-corrected chi connectivity index (χ4v) is 2.72. The molecular weight excluding hydrogens is 334 g/mol. The Morgan fingerprint density at radius 2 is 2.21 bits per heavy atom. The number of rotatable bonds is 6. The largest absolute Gasteiger partial charge is 0.454 e. The summed E-state index contributed by atoms with van der Waals surface area (Å²) >= 11 is 6.06. The van der Waals surface area contributed by atoms with Crippen LogP contribution in [0, 0.1) is 5.92 Å². The predicted molar refractivity (Wildman–Crippen MR) is 87.9 cm³/mol. The lowest BCUT2D eigenvalue weighted by atomic mass is 10.2. The molecule has 1 aromatic carbocycles. The smallest absolute Gasteiger partial charge is 0.331 e. The van der Waals surface area contributed by atoms with Gasteiger partial charge in [0.2, 0.25) is 6.79 Å². The van der Waals surface area contributed by atoms with E-state index >= 15 is 0 Å². The SMILES string of the molecule is C[C@H](NC(=O)COC(=O)/C=C/c1cc(Cl)c2c(c1)OCO2)C1CC1. The van der Waals surface area contributed by atoms with E-state index < -0.39 is 5.97 Å². The van der Waals surface area contributed by atoms with Crippen molar-refractivity contribution >= 4 is 29.6 Å². The van der Waals surface area contributed by atoms with Crippen molar-refractivity contribution in [2.45, 2.75) is 25.8 Å². The lowest BCUT2D eigenvalue weighted by molar-refractivity contribution is -0.144. The molecule has 1 amide bonds. The molecular formula is C17H18ClNO5. The van der Waals surface area contributed by atoms with Gasteiger partial charge < -0.3 is 19.5 Å². The quantitative estimate of drug-likeness (QED) is 0.629. The molecule has 0 aromatic heterocycles. The number of carbonyl (C=O) groups excluding carboxylic acids is 2. The zero-order chi connectivity index (χ0) is 17.1. The summed E-state index contributed by atoms with van der Waals surface area (Å²) in [6.45, 7) is 1.79. The van der Waals surface area contributed by atoms with Gasteiger partial charge in [-0.25, -0.2) is 4.79 Å². The molecule has 0 saturated heterocycles. The minimum atomic E-state index is -0.599. The van der Waals surface area contributed by atoms with Crippen LogP contribution in [0.5, 0.6) is 11.5 Å². The zero-order valence-electron chi connectivity index (χ0n) is 13.2. The van der Waals surface area contributed by atoms with E-state index in [1.165, 1.54) is 6.08 Å². The number of nitrogens with one attached hydrogen (secondary N) is 1. The molecule has 1 heterocycles. The van der Waals surface area contributed by atoms with Crippen molar-refractivity contribution in [3.63, 3.8) is 0 Å². The maximum atomic E-state index is 11.7. The maximum Gasteiger partial charge on any atom is 0.331 e. The van der Waals surface area contributed by atoms with Gasteiger partial charge in [-0.05, 0) is 49.5 Å². The van der Waals surface area contributed by atoms with Crippen LogP contribution in [0.3, 0.4) is 0 Å². The Bertz CT molecular complexity index is 684. The normalized spacial score (nSPS) is 16.9. The highest BCUT2D eigenvalue weighted by atomic mass is 35.5. The second-order valence-electron chi connectivity index (χ2n) is 5.87. The van der Waals surface area contributed by atoms with Crippen LogP contribution in [-0.2, 0) is 14.3 Å². The van der Waals surface area contributed by atoms with Gasteiger partial charge in [0.15, 0.2) is 18.1 Å². The van der Waals surface area contributed by atoms with Crippen LogP contribution >= 0.6 is 11.6 Å². The summed E-state index contributed by atoms with van der Waals surface area (Å²) in [4.78, 5) is 23.4. The predicted octanol–water partition coefficient (Wildman–Crippen LogP) is 2.54. The second-order valence-corrected chi connectivity index (χ2v) is 6.28. The molecule has 0 spiro atoms. The van der Waals surface area contributed by atoms with Gasteiger partial charge in [0.25, 0.3) is 5.91 Å². The van der Waals surface area contributed by atoms with E-state index in [1.54, 1.807) is 18.2 Å². The number of carbonyl (C=O) groups is 2. The van der Waals surface area contributed by atoms with Crippen LogP contribution < -0.4 is 14.8 Å². The Balaban J connectivity index is 1.48. The highest BCUT2D eigenvalue weighted by molar-refractivity contribution is 6.32. The minimum Gasteiger partial charge on any atom is -0.454 e. The molecule has 2 aliphatic rings. The summed E-state index contributed by atoms with van der Waals surface area (Å²) in [6, 6.07) is 3.49. The van der Waals surface area contributed by atoms with Crippen LogP contribution in [-0.4, -0.2) is 31.3 Å². The molecule has 1 fully saturated rings. The van der Waals surface area contributed by atoms with Crippen molar-refractivity contribution in [2.75, 3.05) is 13.4 Å². The van der Waals surface area contributed by atoms with Crippen molar-refractivity contribution in [1.82, 2.24) is 5.32 Å². The first-order valence-electron chi connectivity index (χ1n) is 7.76. The third-order valence-corrected chi connectivity index (χ3v) is 4.21. The number of benzene rings is 1. The molecule has 1 aliphatic heterocycles. The summed E-state index contributed by atoms with van der Waals surface area (Å²) in [5.41, 5.74) is 0.674. The molecule has 1 aliphatic carbocycles. The Morgan fingerprint density at radius 1 is 1.42 bits per heavy atom. The standard InChI is InChI=1S/C17H18ClNO5/c1-10(12-3-4-12)19-15(20)8-22-16(21)5-2-11-6-13(18)17-14(7-11)23-9-24-17/h2,5-7,10,12H,3-4,8-9H2,1H3,(H,19,20)/b5-2+/t10-/m0/s1. The number of hydrogen-bond acceptors (Lipinski definition) is 5. The highest BCUT2D eigenvalue weighted by Crippen LogP contribution is 2.40. The fourth-order valence-electron chi connectivity index (χ4n) is 2.44. The van der Waals surface area contributed by atoms with Crippen molar-refractivity contribution < 1.29 is 23.8 Å². The van der Waals surface area contributed by atoms with Crippen LogP contribution in [0.2, 0.25) is 5.02 Å². The van der Waals surface area contributed by atoms with Crippen molar-refractivity contribution in [3.8, 4) is 11.5 Å². The molecule has 1 aromatic rings. The van der Waals surface area contributed by atoms with Crippen molar-refractivity contribution in [3.05, 3.63) is 28.8 Å². The average molecular weight is 352 g/mol. The number of esters is 1. The monoisotopic (exact) mass is 351 g/mol. The zero-order valence-corrected chi connectivity index (χ0v) is 14.0. The van der Waals surface area contributed by atoms with Gasteiger partial charge in [0.1, 0.15) is 0 Å². The summed E-state index contributed by atoms with van der Waals surface area (Å²) < 4.78 is 15.4. The molecule has 24 heavy (non-hydrogen) atoms. The number of ether oxygens (including phenoxy) is 3. The summed E-state index contributed by atoms with van der Waals surface area (Å²) in [7, 11) is 0. The second kappa shape index (κ2) is 7.13. The molecule has 1 N–H and O–H groups in total. The van der Waals surface area contributed by atoms with Gasteiger partial charge in [0, 0.05) is 12.1 Å². The molecule has 6 nitrogen and oxygen atoms in total. The number of amides is 1. The third-order valence-electron chi connectivity index (χ3n) is 3.92. The number of hydrogen-bond donors (Lipinski definition) is 1. The third kappa shape index (κ3) is 4.20. The van der Waals surface area contributed by atoms with Crippen LogP contribution in [0.15, 0.2) is 18.2 Å². The van der Waals surface area contributed by atoms with Crippen LogP contribution in [0.25, 0.3) is 6.08 Å². The van der Waals surface area contributed by atoms with E-state index in [2.05, 4.69) is 5.32 Å². The molecule has 3 rings (SSSR count). The maximum absolute atomic E-state index is 11.7. The molecule has 7 heteroatoms. The topological polar surface area (TPSA) is 73.9 Å². The summed E-state index contributed by atoms with van der Waals surface area (Å²) in [5, 5.41) is 3.23.